The number of amides is 1. The second-order valence-corrected chi connectivity index (χ2v) is 13.7. The van der Waals surface area contributed by atoms with Crippen LogP contribution in [0.25, 0.3) is 5.69 Å². The topological polar surface area (TPSA) is 73.3 Å². The van der Waals surface area contributed by atoms with E-state index in [0.717, 1.165) is 28.1 Å². The van der Waals surface area contributed by atoms with E-state index in [1.807, 2.05) is 54.0 Å². The van der Waals surface area contributed by atoms with Crippen molar-refractivity contribution in [2.75, 3.05) is 0 Å². The SMILES string of the molecule is C[C@H]1N=C(c2ccccc2Cl)c2cc(C#C[Si](C)(C)C)ccc2-n2cnc(C(N)=O)c21. The number of imidazole rings is 1. The third kappa shape index (κ3) is 4.07. The molecule has 1 amide bonds. The minimum absolute atomic E-state index is 0.227. The molecule has 0 aliphatic carbocycles. The van der Waals surface area contributed by atoms with E-state index in [1.54, 1.807) is 6.33 Å². The molecule has 0 saturated carbocycles. The summed E-state index contributed by atoms with van der Waals surface area (Å²) in [4.78, 5) is 21.2. The van der Waals surface area contributed by atoms with Crippen LogP contribution in [-0.4, -0.2) is 29.2 Å². The number of hydrogen-bond donors (Lipinski definition) is 1. The molecule has 2 heterocycles. The standard InChI is InChI=1S/C24H23ClN4OSi/c1-15-23-22(24(26)30)27-14-29(23)20-10-9-16(11-12-31(2,3)4)13-18(20)21(28-15)17-7-5-6-8-19(17)25/h5-10,13-15H,1-4H3,(H2,26,30)/t15-/m1/s1. The summed E-state index contributed by atoms with van der Waals surface area (Å²) in [6.07, 6.45) is 1.63. The molecule has 0 fully saturated rings. The number of primary amides is 1. The number of nitrogens with two attached hydrogens (primary N) is 1. The summed E-state index contributed by atoms with van der Waals surface area (Å²) in [5.41, 5.74) is 14.1. The fraction of sp³-hybridized carbons (Fsp3) is 0.208. The Bertz CT molecular complexity index is 1290. The lowest BCUT2D eigenvalue weighted by Crippen LogP contribution is -2.16. The van der Waals surface area contributed by atoms with Crippen LogP contribution in [0.5, 0.6) is 0 Å². The first-order valence-corrected chi connectivity index (χ1v) is 13.9. The highest BCUT2D eigenvalue weighted by Crippen LogP contribution is 2.34. The molecule has 2 aromatic carbocycles. The van der Waals surface area contributed by atoms with Crippen molar-refractivity contribution in [2.45, 2.75) is 32.6 Å². The Morgan fingerprint density at radius 1 is 1.16 bits per heavy atom. The van der Waals surface area contributed by atoms with E-state index in [4.69, 9.17) is 22.3 Å². The quantitative estimate of drug-likeness (QED) is 0.455. The molecule has 1 aromatic heterocycles. The maximum atomic E-state index is 12.0. The number of benzene rings is 2. The number of nitrogens with zero attached hydrogens (tertiary/aromatic N) is 3. The van der Waals surface area contributed by atoms with Crippen molar-refractivity contribution in [1.82, 2.24) is 9.55 Å². The van der Waals surface area contributed by atoms with Gasteiger partial charge in [-0.2, -0.15) is 0 Å². The molecule has 156 valence electrons. The number of carbonyl (C=O) groups excluding carboxylic acids is 1. The van der Waals surface area contributed by atoms with E-state index >= 15 is 0 Å². The smallest absolute Gasteiger partial charge is 0.269 e. The van der Waals surface area contributed by atoms with Gasteiger partial charge in [-0.3, -0.25) is 14.4 Å². The first-order chi connectivity index (χ1) is 14.7. The molecule has 2 N–H and O–H groups in total. The minimum atomic E-state index is -1.53. The normalized spacial score (nSPS) is 15.1. The average molecular weight is 447 g/mol. The molecule has 1 atom stereocenters. The summed E-state index contributed by atoms with van der Waals surface area (Å²) in [7, 11) is -1.53. The highest BCUT2D eigenvalue weighted by atomic mass is 35.5. The average Bonchev–Trinajstić information content (AvgIpc) is 3.11. The molecule has 0 spiro atoms. The highest BCUT2D eigenvalue weighted by Gasteiger charge is 2.28. The lowest BCUT2D eigenvalue weighted by Gasteiger charge is -2.13. The largest absolute Gasteiger partial charge is 0.364 e. The van der Waals surface area contributed by atoms with Crippen molar-refractivity contribution in [3.8, 4) is 17.2 Å². The first-order valence-electron chi connectivity index (χ1n) is 10.0. The van der Waals surface area contributed by atoms with E-state index < -0.39 is 14.0 Å². The van der Waals surface area contributed by atoms with Crippen molar-refractivity contribution in [3.63, 3.8) is 0 Å². The summed E-state index contributed by atoms with van der Waals surface area (Å²) < 4.78 is 1.89. The molecule has 0 radical (unpaired) electrons. The van der Waals surface area contributed by atoms with Gasteiger partial charge in [-0.05, 0) is 31.2 Å². The molecule has 31 heavy (non-hydrogen) atoms. The molecule has 1 aliphatic rings. The van der Waals surface area contributed by atoms with Gasteiger partial charge in [0.2, 0.25) is 0 Å². The van der Waals surface area contributed by atoms with Crippen LogP contribution in [0.15, 0.2) is 53.8 Å². The molecule has 0 unspecified atom stereocenters. The Kier molecular flexibility index (Phi) is 5.34. The Labute approximate surface area is 188 Å². The van der Waals surface area contributed by atoms with Crippen molar-refractivity contribution >= 4 is 31.3 Å². The summed E-state index contributed by atoms with van der Waals surface area (Å²) in [5, 5.41) is 0.609. The maximum absolute atomic E-state index is 12.0. The molecular formula is C24H23ClN4OSi. The van der Waals surface area contributed by atoms with Gasteiger partial charge in [-0.25, -0.2) is 4.98 Å². The van der Waals surface area contributed by atoms with Crippen LogP contribution in [0.4, 0.5) is 0 Å². The van der Waals surface area contributed by atoms with Gasteiger partial charge in [-0.15, -0.1) is 5.54 Å². The number of aromatic nitrogens is 2. The van der Waals surface area contributed by atoms with Crippen LogP contribution in [0.2, 0.25) is 24.7 Å². The highest BCUT2D eigenvalue weighted by molar-refractivity contribution is 6.83. The molecule has 3 aromatic rings. The summed E-state index contributed by atoms with van der Waals surface area (Å²) in [6.45, 7) is 8.56. The van der Waals surface area contributed by atoms with Gasteiger partial charge in [0.1, 0.15) is 14.4 Å². The van der Waals surface area contributed by atoms with E-state index in [0.29, 0.717) is 10.7 Å². The van der Waals surface area contributed by atoms with Gasteiger partial charge in [0.15, 0.2) is 5.69 Å². The molecule has 0 bridgehead atoms. The minimum Gasteiger partial charge on any atom is -0.364 e. The molecule has 7 heteroatoms. The lowest BCUT2D eigenvalue weighted by atomic mass is 9.98. The zero-order valence-electron chi connectivity index (χ0n) is 17.9. The van der Waals surface area contributed by atoms with Gasteiger partial charge < -0.3 is 5.73 Å². The Morgan fingerprint density at radius 3 is 2.58 bits per heavy atom. The fourth-order valence-corrected chi connectivity index (χ4v) is 4.35. The molecule has 0 saturated heterocycles. The third-order valence-electron chi connectivity index (χ3n) is 4.98. The first kappa shape index (κ1) is 21.1. The van der Waals surface area contributed by atoms with Gasteiger partial charge in [0, 0.05) is 21.7 Å². The zero-order valence-corrected chi connectivity index (χ0v) is 19.7. The number of aliphatic imine (C=N–C) groups is 1. The van der Waals surface area contributed by atoms with E-state index in [2.05, 4.69) is 36.1 Å². The summed E-state index contributed by atoms with van der Waals surface area (Å²) >= 11 is 6.56. The van der Waals surface area contributed by atoms with Crippen molar-refractivity contribution in [1.29, 1.82) is 0 Å². The predicted octanol–water partition coefficient (Wildman–Crippen LogP) is 4.77. The molecule has 1 aliphatic heterocycles. The van der Waals surface area contributed by atoms with Crippen LogP contribution in [0, 0.1) is 11.5 Å². The monoisotopic (exact) mass is 446 g/mol. The van der Waals surface area contributed by atoms with E-state index in [-0.39, 0.29) is 11.7 Å². The number of hydrogen-bond acceptors (Lipinski definition) is 3. The Morgan fingerprint density at radius 2 is 1.90 bits per heavy atom. The summed E-state index contributed by atoms with van der Waals surface area (Å²) in [6, 6.07) is 13.3. The van der Waals surface area contributed by atoms with Gasteiger partial charge in [0.05, 0.1) is 23.1 Å². The maximum Gasteiger partial charge on any atom is 0.269 e. The van der Waals surface area contributed by atoms with Crippen LogP contribution in [0.1, 0.15) is 45.8 Å². The molecular weight excluding hydrogens is 424 g/mol. The summed E-state index contributed by atoms with van der Waals surface area (Å²) in [5.74, 6) is 2.75. The number of halogens is 1. The van der Waals surface area contributed by atoms with Crippen LogP contribution in [-0.2, 0) is 0 Å². The predicted molar refractivity (Wildman–Crippen MR) is 128 cm³/mol. The molecule has 4 rings (SSSR count). The lowest BCUT2D eigenvalue weighted by molar-refractivity contribution is 0.0994. The Balaban J connectivity index is 2.02. The van der Waals surface area contributed by atoms with Crippen molar-refractivity contribution in [2.24, 2.45) is 10.7 Å². The second kappa shape index (κ2) is 7.84. The van der Waals surface area contributed by atoms with Crippen LogP contribution < -0.4 is 5.73 Å². The number of carbonyl (C=O) groups is 1. The van der Waals surface area contributed by atoms with Crippen molar-refractivity contribution < 1.29 is 4.79 Å². The zero-order chi connectivity index (χ0) is 22.3. The van der Waals surface area contributed by atoms with E-state index in [1.165, 1.54) is 0 Å². The van der Waals surface area contributed by atoms with Gasteiger partial charge in [-0.1, -0.05) is 55.4 Å². The second-order valence-electron chi connectivity index (χ2n) is 8.58. The van der Waals surface area contributed by atoms with Gasteiger partial charge >= 0.3 is 0 Å². The number of fused-ring (bicyclic) bond motifs is 3. The molecule has 5 nitrogen and oxygen atoms in total. The van der Waals surface area contributed by atoms with Gasteiger partial charge in [0.25, 0.3) is 5.91 Å². The van der Waals surface area contributed by atoms with Crippen molar-refractivity contribution in [3.05, 3.63) is 81.9 Å². The van der Waals surface area contributed by atoms with Crippen LogP contribution in [0.3, 0.4) is 0 Å². The Hall–Kier alpha value is -3.14. The van der Waals surface area contributed by atoms with E-state index in [9.17, 15) is 4.79 Å². The fourth-order valence-electron chi connectivity index (χ4n) is 3.60. The number of rotatable bonds is 2. The van der Waals surface area contributed by atoms with Crippen LogP contribution >= 0.6 is 11.6 Å². The third-order valence-corrected chi connectivity index (χ3v) is 6.18.